The van der Waals surface area contributed by atoms with Gasteiger partial charge in [-0.1, -0.05) is 0 Å². The molecule has 0 amide bonds. The molecule has 0 saturated carbocycles. The minimum absolute atomic E-state index is 0.211. The first-order chi connectivity index (χ1) is 4.18. The molecule has 2 radical (unpaired) electrons. The third-order valence-corrected chi connectivity index (χ3v) is 0.348. The fourth-order valence-electron chi connectivity index (χ4n) is 0.203. The second-order valence-electron chi connectivity index (χ2n) is 1.42. The maximum absolute atomic E-state index is 9.82. The van der Waals surface area contributed by atoms with Crippen molar-refractivity contribution in [1.82, 2.24) is 0 Å². The van der Waals surface area contributed by atoms with Crippen LogP contribution in [0.5, 0.6) is 0 Å². The number of rotatable bonds is 1. The number of hydrogen-bond donors (Lipinski definition) is 0. The SMILES string of the molecule is CCOC(C)=O.[CH3][Sn][CH3]. The van der Waals surface area contributed by atoms with E-state index in [1.807, 2.05) is 0 Å². The van der Waals surface area contributed by atoms with E-state index in [9.17, 15) is 4.79 Å². The average Bonchev–Trinajstić information content (AvgIpc) is 1.67. The summed E-state index contributed by atoms with van der Waals surface area (Å²) in [6.45, 7) is 3.65. The standard InChI is InChI=1S/C4H8O2.2CH3.Sn/c1-3-6-4(2)5;;;/h3H2,1-2H3;2*1H3;. The van der Waals surface area contributed by atoms with E-state index < -0.39 is 0 Å². The van der Waals surface area contributed by atoms with Gasteiger partial charge in [-0.15, -0.1) is 0 Å². The van der Waals surface area contributed by atoms with Crippen molar-refractivity contribution in [3.05, 3.63) is 0 Å². The van der Waals surface area contributed by atoms with Crippen molar-refractivity contribution in [3.8, 4) is 0 Å². The van der Waals surface area contributed by atoms with E-state index in [0.29, 0.717) is 6.61 Å². The summed E-state index contributed by atoms with van der Waals surface area (Å²) >= 11 is 0.230. The van der Waals surface area contributed by atoms with Gasteiger partial charge in [0, 0.05) is 6.92 Å². The predicted octanol–water partition coefficient (Wildman–Crippen LogP) is 1.36. The number of esters is 1. The van der Waals surface area contributed by atoms with Crippen LogP contribution >= 0.6 is 0 Å². The van der Waals surface area contributed by atoms with Crippen LogP contribution in [0.25, 0.3) is 0 Å². The summed E-state index contributed by atoms with van der Waals surface area (Å²) < 4.78 is 4.40. The van der Waals surface area contributed by atoms with Crippen LogP contribution in [0.4, 0.5) is 0 Å². The van der Waals surface area contributed by atoms with Crippen LogP contribution in [-0.2, 0) is 9.53 Å². The molecular weight excluding hydrogens is 223 g/mol. The Morgan fingerprint density at radius 1 is 1.56 bits per heavy atom. The Morgan fingerprint density at radius 3 is 1.89 bits per heavy atom. The van der Waals surface area contributed by atoms with Crippen molar-refractivity contribution in [1.29, 1.82) is 0 Å². The van der Waals surface area contributed by atoms with Crippen molar-refractivity contribution in [2.24, 2.45) is 0 Å². The molecule has 0 N–H and O–H groups in total. The van der Waals surface area contributed by atoms with Crippen molar-refractivity contribution < 1.29 is 9.53 Å². The van der Waals surface area contributed by atoms with Gasteiger partial charge >= 0.3 is 37.0 Å². The van der Waals surface area contributed by atoms with Gasteiger partial charge in [0.05, 0.1) is 6.61 Å². The molecule has 9 heavy (non-hydrogen) atoms. The summed E-state index contributed by atoms with van der Waals surface area (Å²) in [5.41, 5.74) is 0. The Balaban J connectivity index is 0. The normalized spacial score (nSPS) is 7.11. The van der Waals surface area contributed by atoms with E-state index >= 15 is 0 Å². The molecule has 0 aromatic rings. The summed E-state index contributed by atoms with van der Waals surface area (Å²) in [6, 6.07) is 0. The van der Waals surface area contributed by atoms with Crippen LogP contribution < -0.4 is 0 Å². The molecular formula is C6H14O2Sn. The van der Waals surface area contributed by atoms with Gasteiger partial charge in [0.15, 0.2) is 0 Å². The molecule has 0 rings (SSSR count). The van der Waals surface area contributed by atoms with E-state index in [1.54, 1.807) is 6.92 Å². The predicted molar refractivity (Wildman–Crippen MR) is 39.8 cm³/mol. The van der Waals surface area contributed by atoms with Gasteiger partial charge < -0.3 is 4.74 Å². The van der Waals surface area contributed by atoms with Crippen LogP contribution in [0.3, 0.4) is 0 Å². The van der Waals surface area contributed by atoms with Gasteiger partial charge in [-0.3, -0.25) is 4.79 Å². The van der Waals surface area contributed by atoms with Crippen LogP contribution in [0, 0.1) is 0 Å². The molecule has 0 bridgehead atoms. The van der Waals surface area contributed by atoms with Gasteiger partial charge in [0.25, 0.3) is 0 Å². The summed E-state index contributed by atoms with van der Waals surface area (Å²) in [5.74, 6) is -0.211. The quantitative estimate of drug-likeness (QED) is 0.508. The van der Waals surface area contributed by atoms with E-state index in [-0.39, 0.29) is 27.1 Å². The Labute approximate surface area is 67.2 Å². The van der Waals surface area contributed by atoms with Crippen LogP contribution in [0.1, 0.15) is 13.8 Å². The summed E-state index contributed by atoms with van der Waals surface area (Å²) in [4.78, 5) is 14.4. The van der Waals surface area contributed by atoms with E-state index in [2.05, 4.69) is 14.6 Å². The van der Waals surface area contributed by atoms with Gasteiger partial charge in [0.1, 0.15) is 0 Å². The Kier molecular flexibility index (Phi) is 14.8. The van der Waals surface area contributed by atoms with Gasteiger partial charge in [-0.05, 0) is 6.92 Å². The van der Waals surface area contributed by atoms with E-state index in [1.165, 1.54) is 6.92 Å². The first-order valence-electron chi connectivity index (χ1n) is 2.90. The molecule has 0 aliphatic carbocycles. The average molecular weight is 237 g/mol. The van der Waals surface area contributed by atoms with E-state index in [4.69, 9.17) is 0 Å². The molecule has 0 fully saturated rings. The zero-order chi connectivity index (χ0) is 7.70. The molecule has 0 aliphatic rings. The Bertz CT molecular complexity index is 64.1. The third kappa shape index (κ3) is 30.4. The molecule has 0 atom stereocenters. The second kappa shape index (κ2) is 11.1. The van der Waals surface area contributed by atoms with Crippen LogP contribution in [-0.4, -0.2) is 33.7 Å². The molecule has 0 aromatic heterocycles. The number of carbonyl (C=O) groups excluding carboxylic acids is 1. The topological polar surface area (TPSA) is 26.3 Å². The number of carbonyl (C=O) groups is 1. The molecule has 0 aromatic carbocycles. The van der Waals surface area contributed by atoms with Crippen molar-refractivity contribution >= 4 is 27.1 Å². The minimum atomic E-state index is -0.211. The Hall–Kier alpha value is 0.269. The molecule has 0 aliphatic heterocycles. The first kappa shape index (κ1) is 12.0. The summed E-state index contributed by atoms with van der Waals surface area (Å²) in [7, 11) is 0. The van der Waals surface area contributed by atoms with Crippen molar-refractivity contribution in [2.75, 3.05) is 6.61 Å². The van der Waals surface area contributed by atoms with Crippen molar-refractivity contribution in [3.63, 3.8) is 0 Å². The molecule has 2 nitrogen and oxygen atoms in total. The fourth-order valence-corrected chi connectivity index (χ4v) is 0.203. The molecule has 3 heteroatoms. The third-order valence-electron chi connectivity index (χ3n) is 0.348. The zero-order valence-corrected chi connectivity index (χ0v) is 9.38. The van der Waals surface area contributed by atoms with Crippen LogP contribution in [0.15, 0.2) is 0 Å². The molecule has 54 valence electrons. The van der Waals surface area contributed by atoms with Gasteiger partial charge in [-0.25, -0.2) is 0 Å². The second-order valence-corrected chi connectivity index (χ2v) is 4.28. The fraction of sp³-hybridized carbons (Fsp3) is 0.833. The monoisotopic (exact) mass is 238 g/mol. The van der Waals surface area contributed by atoms with Gasteiger partial charge in [0.2, 0.25) is 0 Å². The Morgan fingerprint density at radius 2 is 1.89 bits per heavy atom. The molecule has 0 saturated heterocycles. The summed E-state index contributed by atoms with van der Waals surface area (Å²) in [6.07, 6.45) is 0. The summed E-state index contributed by atoms with van der Waals surface area (Å²) in [5, 5.41) is 0. The van der Waals surface area contributed by atoms with Crippen molar-refractivity contribution in [2.45, 2.75) is 23.7 Å². The first-order valence-corrected chi connectivity index (χ1v) is 8.61. The number of hydrogen-bond acceptors (Lipinski definition) is 2. The molecule has 0 unspecified atom stereocenters. The molecule has 0 spiro atoms. The maximum atomic E-state index is 9.82. The zero-order valence-electron chi connectivity index (χ0n) is 6.52. The van der Waals surface area contributed by atoms with E-state index in [0.717, 1.165) is 0 Å². The van der Waals surface area contributed by atoms with Gasteiger partial charge in [-0.2, -0.15) is 0 Å². The number of ether oxygens (including phenoxy) is 1. The molecule has 0 heterocycles. The van der Waals surface area contributed by atoms with Crippen LogP contribution in [0.2, 0.25) is 9.88 Å².